The lowest BCUT2D eigenvalue weighted by Crippen LogP contribution is -2.66. The Kier molecular flexibility index (Phi) is 5.80. The summed E-state index contributed by atoms with van der Waals surface area (Å²) in [4.78, 5) is 29.0. The van der Waals surface area contributed by atoms with Crippen molar-refractivity contribution < 1.29 is 14.3 Å². The van der Waals surface area contributed by atoms with Gasteiger partial charge in [-0.3, -0.25) is 9.48 Å². The fourth-order valence-electron chi connectivity index (χ4n) is 3.53. The minimum Gasteiger partial charge on any atom is -0.381 e. The third-order valence-corrected chi connectivity index (χ3v) is 4.96. The number of hydrogen-bond acceptors (Lipinski definition) is 4. The summed E-state index contributed by atoms with van der Waals surface area (Å²) in [6.45, 7) is 9.12. The number of nitrogens with one attached hydrogen (secondary N) is 1. The summed E-state index contributed by atoms with van der Waals surface area (Å²) >= 11 is 0. The molecule has 1 aromatic heterocycles. The zero-order valence-corrected chi connectivity index (χ0v) is 15.9. The topological polar surface area (TPSA) is 79.7 Å². The molecule has 0 bridgehead atoms. The normalized spacial score (nSPS) is 18.7. The summed E-state index contributed by atoms with van der Waals surface area (Å²) in [5.41, 5.74) is 0.467. The number of likely N-dealkylation sites (tertiary alicyclic amines) is 1. The van der Waals surface area contributed by atoms with E-state index in [2.05, 4.69) is 10.4 Å². The molecule has 2 aliphatic rings. The van der Waals surface area contributed by atoms with Gasteiger partial charge in [0.25, 0.3) is 5.91 Å². The number of carbonyl (C=O) groups excluding carboxylic acids is 2. The molecule has 0 aromatic carbocycles. The van der Waals surface area contributed by atoms with E-state index < -0.39 is 0 Å². The first-order chi connectivity index (χ1) is 12.5. The van der Waals surface area contributed by atoms with Crippen molar-refractivity contribution in [3.05, 3.63) is 18.0 Å². The maximum absolute atomic E-state index is 12.7. The molecule has 144 valence electrons. The smallest absolute Gasteiger partial charge is 0.318 e. The lowest BCUT2D eigenvalue weighted by atomic mass is 10.00. The average Bonchev–Trinajstić information content (AvgIpc) is 3.06. The molecule has 3 heterocycles. The highest BCUT2D eigenvalue weighted by Gasteiger charge is 2.41. The van der Waals surface area contributed by atoms with Crippen molar-refractivity contribution in [2.24, 2.45) is 0 Å². The van der Waals surface area contributed by atoms with Crippen LogP contribution in [-0.4, -0.2) is 75.9 Å². The number of urea groups is 1. The van der Waals surface area contributed by atoms with Crippen molar-refractivity contribution in [2.75, 3.05) is 26.3 Å². The number of aromatic nitrogens is 2. The summed E-state index contributed by atoms with van der Waals surface area (Å²) in [5.74, 6) is -0.0651. The van der Waals surface area contributed by atoms with Crippen molar-refractivity contribution in [2.45, 2.75) is 58.3 Å². The first-order valence-electron chi connectivity index (χ1n) is 9.49. The van der Waals surface area contributed by atoms with E-state index in [1.807, 2.05) is 31.9 Å². The van der Waals surface area contributed by atoms with E-state index in [0.717, 1.165) is 19.4 Å². The highest BCUT2D eigenvalue weighted by Crippen LogP contribution is 2.24. The molecule has 0 unspecified atom stereocenters. The SMILES string of the molecule is CCn1ccc(C(=O)N2CC(N(C(=O)NC(C)C)C3CCOCC3)C2)n1. The Morgan fingerprint density at radius 2 is 2.00 bits per heavy atom. The maximum Gasteiger partial charge on any atom is 0.318 e. The van der Waals surface area contributed by atoms with Crippen LogP contribution in [0.3, 0.4) is 0 Å². The van der Waals surface area contributed by atoms with Gasteiger partial charge in [0.1, 0.15) is 5.69 Å². The molecule has 0 atom stereocenters. The number of nitrogens with zero attached hydrogens (tertiary/aromatic N) is 4. The molecule has 0 spiro atoms. The van der Waals surface area contributed by atoms with E-state index in [1.54, 1.807) is 15.6 Å². The summed E-state index contributed by atoms with van der Waals surface area (Å²) in [7, 11) is 0. The van der Waals surface area contributed by atoms with Gasteiger partial charge in [0, 0.05) is 51.1 Å². The van der Waals surface area contributed by atoms with Crippen LogP contribution in [-0.2, 0) is 11.3 Å². The van der Waals surface area contributed by atoms with Crippen LogP contribution in [0.4, 0.5) is 4.79 Å². The third-order valence-electron chi connectivity index (χ3n) is 4.96. The van der Waals surface area contributed by atoms with Gasteiger partial charge in [-0.1, -0.05) is 0 Å². The van der Waals surface area contributed by atoms with E-state index in [1.165, 1.54) is 0 Å². The molecule has 1 N–H and O–H groups in total. The lowest BCUT2D eigenvalue weighted by molar-refractivity contribution is -0.00542. The van der Waals surface area contributed by atoms with E-state index in [9.17, 15) is 9.59 Å². The number of amides is 3. The number of ether oxygens (including phenoxy) is 1. The Balaban J connectivity index is 1.63. The van der Waals surface area contributed by atoms with Crippen molar-refractivity contribution in [1.29, 1.82) is 0 Å². The summed E-state index contributed by atoms with van der Waals surface area (Å²) < 4.78 is 7.18. The van der Waals surface area contributed by atoms with Crippen LogP contribution in [0.5, 0.6) is 0 Å². The number of rotatable bonds is 5. The molecule has 26 heavy (non-hydrogen) atoms. The Morgan fingerprint density at radius 3 is 2.58 bits per heavy atom. The molecule has 1 aromatic rings. The van der Waals surface area contributed by atoms with Gasteiger partial charge in [-0.25, -0.2) is 4.79 Å². The van der Waals surface area contributed by atoms with E-state index >= 15 is 0 Å². The van der Waals surface area contributed by atoms with E-state index in [0.29, 0.717) is 32.0 Å². The summed E-state index contributed by atoms with van der Waals surface area (Å²) in [5, 5.41) is 7.28. The van der Waals surface area contributed by atoms with Crippen molar-refractivity contribution in [1.82, 2.24) is 24.9 Å². The Bertz CT molecular complexity index is 633. The molecular weight excluding hydrogens is 334 g/mol. The third kappa shape index (κ3) is 4.00. The fraction of sp³-hybridized carbons (Fsp3) is 0.722. The molecule has 2 fully saturated rings. The molecule has 3 rings (SSSR count). The first kappa shape index (κ1) is 18.7. The zero-order chi connectivity index (χ0) is 18.7. The minimum atomic E-state index is -0.0651. The largest absolute Gasteiger partial charge is 0.381 e. The maximum atomic E-state index is 12.7. The monoisotopic (exact) mass is 363 g/mol. The minimum absolute atomic E-state index is 0.0424. The molecule has 3 amide bonds. The predicted octanol–water partition coefficient (Wildman–Crippen LogP) is 1.33. The number of aryl methyl sites for hydroxylation is 1. The molecule has 2 aliphatic heterocycles. The fourth-order valence-corrected chi connectivity index (χ4v) is 3.53. The van der Waals surface area contributed by atoms with Gasteiger partial charge in [-0.2, -0.15) is 5.10 Å². The second-order valence-electron chi connectivity index (χ2n) is 7.28. The van der Waals surface area contributed by atoms with Gasteiger partial charge in [0.2, 0.25) is 0 Å². The van der Waals surface area contributed by atoms with Crippen LogP contribution in [0.1, 0.15) is 44.1 Å². The van der Waals surface area contributed by atoms with Gasteiger partial charge in [0.15, 0.2) is 0 Å². The Hall–Kier alpha value is -2.09. The standard InChI is InChI=1S/C18H29N5O3/c1-4-22-8-5-16(20-22)17(24)21-11-15(12-21)23(18(25)19-13(2)3)14-6-9-26-10-7-14/h5,8,13-15H,4,6-7,9-12H2,1-3H3,(H,19,25). The van der Waals surface area contributed by atoms with Crippen LogP contribution in [0.15, 0.2) is 12.3 Å². The van der Waals surface area contributed by atoms with Gasteiger partial charge in [0.05, 0.1) is 6.04 Å². The number of hydrogen-bond donors (Lipinski definition) is 1. The van der Waals surface area contributed by atoms with E-state index in [-0.39, 0.29) is 30.1 Å². The lowest BCUT2D eigenvalue weighted by Gasteiger charge is -2.48. The van der Waals surface area contributed by atoms with Crippen LogP contribution < -0.4 is 5.32 Å². The quantitative estimate of drug-likeness (QED) is 0.856. The second-order valence-corrected chi connectivity index (χ2v) is 7.28. The average molecular weight is 363 g/mol. The van der Waals surface area contributed by atoms with Crippen LogP contribution in [0.2, 0.25) is 0 Å². The van der Waals surface area contributed by atoms with Gasteiger partial charge in [-0.15, -0.1) is 0 Å². The van der Waals surface area contributed by atoms with Gasteiger partial charge in [-0.05, 0) is 39.7 Å². The van der Waals surface area contributed by atoms with Crippen molar-refractivity contribution in [3.63, 3.8) is 0 Å². The Labute approximate surface area is 154 Å². The van der Waals surface area contributed by atoms with Crippen LogP contribution in [0.25, 0.3) is 0 Å². The molecule has 0 radical (unpaired) electrons. The molecule has 8 nitrogen and oxygen atoms in total. The van der Waals surface area contributed by atoms with E-state index in [4.69, 9.17) is 4.74 Å². The van der Waals surface area contributed by atoms with Crippen molar-refractivity contribution in [3.8, 4) is 0 Å². The highest BCUT2D eigenvalue weighted by atomic mass is 16.5. The zero-order valence-electron chi connectivity index (χ0n) is 15.9. The summed E-state index contributed by atoms with van der Waals surface area (Å²) in [6, 6.07) is 2.01. The molecule has 2 saturated heterocycles. The molecule has 8 heteroatoms. The van der Waals surface area contributed by atoms with Crippen molar-refractivity contribution >= 4 is 11.9 Å². The van der Waals surface area contributed by atoms with Gasteiger partial charge >= 0.3 is 6.03 Å². The Morgan fingerprint density at radius 1 is 1.31 bits per heavy atom. The van der Waals surface area contributed by atoms with Crippen LogP contribution in [0, 0.1) is 0 Å². The van der Waals surface area contributed by atoms with Crippen LogP contribution >= 0.6 is 0 Å². The number of carbonyl (C=O) groups is 2. The first-order valence-corrected chi connectivity index (χ1v) is 9.49. The second kappa shape index (κ2) is 8.07. The molecule has 0 saturated carbocycles. The van der Waals surface area contributed by atoms with Gasteiger partial charge < -0.3 is 19.9 Å². The summed E-state index contributed by atoms with van der Waals surface area (Å²) in [6.07, 6.45) is 3.50. The molecular formula is C18H29N5O3. The predicted molar refractivity (Wildman–Crippen MR) is 96.9 cm³/mol. The molecule has 0 aliphatic carbocycles. The highest BCUT2D eigenvalue weighted by molar-refractivity contribution is 5.93.